The highest BCUT2D eigenvalue weighted by molar-refractivity contribution is 7.22. The molecule has 0 saturated carbocycles. The summed E-state index contributed by atoms with van der Waals surface area (Å²) in [6.07, 6.45) is 2.01. The van der Waals surface area contributed by atoms with E-state index < -0.39 is 0 Å². The maximum absolute atomic E-state index is 12.5. The molecule has 3 aromatic rings. The number of carbonyl (C=O) groups excluding carboxylic acids is 1. The Morgan fingerprint density at radius 2 is 2.12 bits per heavy atom. The number of nitrogens with zero attached hydrogens (tertiary/aromatic N) is 4. The molecule has 1 amide bonds. The van der Waals surface area contributed by atoms with Crippen LogP contribution in [0, 0.1) is 6.92 Å². The lowest BCUT2D eigenvalue weighted by Gasteiger charge is -2.23. The number of anilines is 1. The highest BCUT2D eigenvalue weighted by Crippen LogP contribution is 2.26. The lowest BCUT2D eigenvalue weighted by molar-refractivity contribution is 0.102. The van der Waals surface area contributed by atoms with Gasteiger partial charge in [-0.25, -0.2) is 9.67 Å². The van der Waals surface area contributed by atoms with E-state index in [0.29, 0.717) is 16.9 Å². The van der Waals surface area contributed by atoms with Gasteiger partial charge in [-0.1, -0.05) is 28.7 Å². The molecule has 1 aromatic carbocycles. The van der Waals surface area contributed by atoms with Crippen molar-refractivity contribution in [1.29, 1.82) is 0 Å². The summed E-state index contributed by atoms with van der Waals surface area (Å²) >= 11 is 1.45. The number of piperidine rings is 1. The van der Waals surface area contributed by atoms with Gasteiger partial charge < -0.3 is 5.32 Å². The second-order valence-corrected chi connectivity index (χ2v) is 6.92. The largest absolute Gasteiger partial charge is 0.317 e. The molecule has 1 aliphatic heterocycles. The fourth-order valence-electron chi connectivity index (χ4n) is 3.03. The number of nitrogens with one attached hydrogen (secondary N) is 2. The Bertz CT molecular complexity index is 847. The Morgan fingerprint density at radius 1 is 1.33 bits per heavy atom. The van der Waals surface area contributed by atoms with E-state index in [1.165, 1.54) is 11.3 Å². The molecule has 7 nitrogen and oxygen atoms in total. The third kappa shape index (κ3) is 2.78. The number of hydrogen-bond acceptors (Lipinski definition) is 6. The number of rotatable bonds is 3. The Kier molecular flexibility index (Phi) is 3.99. The molecule has 1 fully saturated rings. The van der Waals surface area contributed by atoms with E-state index in [0.717, 1.165) is 41.8 Å². The zero-order chi connectivity index (χ0) is 16.5. The van der Waals surface area contributed by atoms with Crippen LogP contribution in [0.3, 0.4) is 0 Å². The maximum atomic E-state index is 12.5. The molecule has 0 aliphatic carbocycles. The number of amides is 1. The second kappa shape index (κ2) is 6.29. The molecule has 1 saturated heterocycles. The molecule has 1 aliphatic rings. The Morgan fingerprint density at radius 3 is 2.92 bits per heavy atom. The lowest BCUT2D eigenvalue weighted by Crippen LogP contribution is -2.30. The minimum atomic E-state index is -0.258. The summed E-state index contributed by atoms with van der Waals surface area (Å²) in [5.74, 6) is -0.258. The SMILES string of the molecule is Cc1c(C(=O)Nc2nc3ccccc3s2)nnn1C1CCNCC1. The van der Waals surface area contributed by atoms with Crippen molar-refractivity contribution in [2.45, 2.75) is 25.8 Å². The van der Waals surface area contributed by atoms with Crippen LogP contribution < -0.4 is 10.6 Å². The summed E-state index contributed by atoms with van der Waals surface area (Å²) in [5, 5.41) is 15.1. The molecule has 8 heteroatoms. The molecule has 2 N–H and O–H groups in total. The first-order valence-electron chi connectivity index (χ1n) is 8.02. The van der Waals surface area contributed by atoms with Crippen molar-refractivity contribution >= 4 is 32.6 Å². The normalized spacial score (nSPS) is 15.7. The van der Waals surface area contributed by atoms with Gasteiger partial charge in [-0.05, 0) is 45.0 Å². The molecule has 24 heavy (non-hydrogen) atoms. The second-order valence-electron chi connectivity index (χ2n) is 5.89. The molecule has 0 bridgehead atoms. The fourth-order valence-corrected chi connectivity index (χ4v) is 3.89. The highest BCUT2D eigenvalue weighted by Gasteiger charge is 2.23. The highest BCUT2D eigenvalue weighted by atomic mass is 32.1. The first-order chi connectivity index (χ1) is 11.7. The number of benzene rings is 1. The van der Waals surface area contributed by atoms with Crippen LogP contribution in [-0.4, -0.2) is 39.0 Å². The van der Waals surface area contributed by atoms with Gasteiger partial charge >= 0.3 is 0 Å². The van der Waals surface area contributed by atoms with Crippen molar-refractivity contribution in [2.24, 2.45) is 0 Å². The predicted molar refractivity (Wildman–Crippen MR) is 93.5 cm³/mol. The van der Waals surface area contributed by atoms with Gasteiger partial charge in [0.15, 0.2) is 10.8 Å². The van der Waals surface area contributed by atoms with E-state index in [1.807, 2.05) is 35.9 Å². The number of fused-ring (bicyclic) bond motifs is 1. The zero-order valence-corrected chi connectivity index (χ0v) is 14.1. The predicted octanol–water partition coefficient (Wildman–Crippen LogP) is 2.37. The van der Waals surface area contributed by atoms with Gasteiger partial charge in [0.25, 0.3) is 5.91 Å². The lowest BCUT2D eigenvalue weighted by atomic mass is 10.1. The van der Waals surface area contributed by atoms with E-state index in [4.69, 9.17) is 0 Å². The third-order valence-corrected chi connectivity index (χ3v) is 5.26. The molecule has 124 valence electrons. The van der Waals surface area contributed by atoms with E-state index >= 15 is 0 Å². The number of hydrogen-bond donors (Lipinski definition) is 2. The van der Waals surface area contributed by atoms with Gasteiger partial charge in [0, 0.05) is 0 Å². The minimum absolute atomic E-state index is 0.258. The molecule has 4 rings (SSSR count). The van der Waals surface area contributed by atoms with E-state index in [-0.39, 0.29) is 5.91 Å². The molecule has 2 aromatic heterocycles. The van der Waals surface area contributed by atoms with Gasteiger partial charge in [0.05, 0.1) is 22.0 Å². The summed E-state index contributed by atoms with van der Waals surface area (Å²) in [7, 11) is 0. The molecule has 0 unspecified atom stereocenters. The monoisotopic (exact) mass is 342 g/mol. The molecule has 3 heterocycles. The first-order valence-corrected chi connectivity index (χ1v) is 8.83. The van der Waals surface area contributed by atoms with Crippen LogP contribution in [0.1, 0.15) is 35.1 Å². The minimum Gasteiger partial charge on any atom is -0.317 e. The summed E-state index contributed by atoms with van der Waals surface area (Å²) in [4.78, 5) is 17.0. The molecule has 0 atom stereocenters. The molecule has 0 radical (unpaired) electrons. The number of aromatic nitrogens is 4. The van der Waals surface area contributed by atoms with Crippen LogP contribution in [0.2, 0.25) is 0 Å². The molecular formula is C16H18N6OS. The van der Waals surface area contributed by atoms with Crippen molar-refractivity contribution in [3.8, 4) is 0 Å². The topological polar surface area (TPSA) is 84.7 Å². The number of thiazole rings is 1. The quantitative estimate of drug-likeness (QED) is 0.763. The average molecular weight is 342 g/mol. The van der Waals surface area contributed by atoms with Gasteiger partial charge in [0.1, 0.15) is 0 Å². The Hall–Kier alpha value is -2.32. The van der Waals surface area contributed by atoms with Gasteiger partial charge in [-0.15, -0.1) is 5.10 Å². The van der Waals surface area contributed by atoms with Crippen LogP contribution in [0.15, 0.2) is 24.3 Å². The Labute approximate surface area is 143 Å². The van der Waals surface area contributed by atoms with Gasteiger partial charge in [0.2, 0.25) is 0 Å². The van der Waals surface area contributed by atoms with Crippen molar-refractivity contribution in [2.75, 3.05) is 18.4 Å². The summed E-state index contributed by atoms with van der Waals surface area (Å²) in [5.41, 5.74) is 2.06. The number of carbonyl (C=O) groups is 1. The average Bonchev–Trinajstić information content (AvgIpc) is 3.18. The van der Waals surface area contributed by atoms with Gasteiger partial charge in [-0.2, -0.15) is 0 Å². The van der Waals surface area contributed by atoms with Crippen molar-refractivity contribution < 1.29 is 4.79 Å². The maximum Gasteiger partial charge on any atom is 0.279 e. The van der Waals surface area contributed by atoms with Gasteiger partial charge in [-0.3, -0.25) is 10.1 Å². The van der Waals surface area contributed by atoms with Crippen molar-refractivity contribution in [3.05, 3.63) is 35.7 Å². The van der Waals surface area contributed by atoms with Crippen molar-refractivity contribution in [3.63, 3.8) is 0 Å². The summed E-state index contributed by atoms with van der Waals surface area (Å²) < 4.78 is 2.93. The van der Waals surface area contributed by atoms with Crippen LogP contribution in [0.25, 0.3) is 10.2 Å². The van der Waals surface area contributed by atoms with Crippen LogP contribution >= 0.6 is 11.3 Å². The molecular weight excluding hydrogens is 324 g/mol. The Balaban J connectivity index is 1.54. The third-order valence-electron chi connectivity index (χ3n) is 4.31. The van der Waals surface area contributed by atoms with E-state index in [9.17, 15) is 4.79 Å². The van der Waals surface area contributed by atoms with E-state index in [1.54, 1.807) is 0 Å². The number of para-hydroxylation sites is 1. The van der Waals surface area contributed by atoms with Crippen molar-refractivity contribution in [1.82, 2.24) is 25.3 Å². The first kappa shape index (κ1) is 15.2. The van der Waals surface area contributed by atoms with Crippen LogP contribution in [0.5, 0.6) is 0 Å². The fraction of sp³-hybridized carbons (Fsp3) is 0.375. The van der Waals surface area contributed by atoms with Crippen LogP contribution in [-0.2, 0) is 0 Å². The van der Waals surface area contributed by atoms with E-state index in [2.05, 4.69) is 25.9 Å². The smallest absolute Gasteiger partial charge is 0.279 e. The summed E-state index contributed by atoms with van der Waals surface area (Å²) in [6.45, 7) is 3.84. The summed E-state index contributed by atoms with van der Waals surface area (Å²) in [6, 6.07) is 8.12. The zero-order valence-electron chi connectivity index (χ0n) is 13.3. The standard InChI is InChI=1S/C16H18N6OS/c1-10-14(20-21-22(10)11-6-8-17-9-7-11)15(23)19-16-18-12-4-2-3-5-13(12)24-16/h2-5,11,17H,6-9H2,1H3,(H,18,19,23). The molecule has 0 spiro atoms. The van der Waals surface area contributed by atoms with Crippen LogP contribution in [0.4, 0.5) is 5.13 Å².